The molecule has 1 amide bonds. The summed E-state index contributed by atoms with van der Waals surface area (Å²) in [6, 6.07) is 6.98. The number of hydrogen-bond acceptors (Lipinski definition) is 5. The molecule has 4 heterocycles. The van der Waals surface area contributed by atoms with Crippen molar-refractivity contribution in [1.82, 2.24) is 29.5 Å². The Kier molecular flexibility index (Phi) is 5.75. The molecule has 8 heteroatoms. The van der Waals surface area contributed by atoms with Crippen LogP contribution in [0.5, 0.6) is 0 Å². The number of aromatic nitrogens is 3. The SMILES string of the molecule is CN1CCC(N2CCN(C(=O)C3CCCn4c(-c5ccc(F)cc5)nnc43)CC2)CC1. The van der Waals surface area contributed by atoms with Gasteiger partial charge < -0.3 is 14.4 Å². The van der Waals surface area contributed by atoms with Gasteiger partial charge in [-0.05, 0) is 70.1 Å². The molecule has 1 unspecified atom stereocenters. The van der Waals surface area contributed by atoms with Crippen LogP contribution in [0.2, 0.25) is 0 Å². The molecule has 0 N–H and O–H groups in total. The monoisotopic (exact) mass is 426 g/mol. The van der Waals surface area contributed by atoms with Gasteiger partial charge in [-0.25, -0.2) is 4.39 Å². The first-order valence-electron chi connectivity index (χ1n) is 11.5. The van der Waals surface area contributed by atoms with Crippen LogP contribution in [0.25, 0.3) is 11.4 Å². The summed E-state index contributed by atoms with van der Waals surface area (Å²) in [7, 11) is 2.19. The van der Waals surface area contributed by atoms with E-state index in [2.05, 4.69) is 27.0 Å². The Balaban J connectivity index is 1.26. The van der Waals surface area contributed by atoms with Gasteiger partial charge in [0.1, 0.15) is 11.6 Å². The van der Waals surface area contributed by atoms with Gasteiger partial charge in [0.25, 0.3) is 0 Å². The first-order valence-corrected chi connectivity index (χ1v) is 11.5. The third kappa shape index (κ3) is 4.11. The maximum absolute atomic E-state index is 13.4. The summed E-state index contributed by atoms with van der Waals surface area (Å²) in [6.45, 7) is 6.63. The quantitative estimate of drug-likeness (QED) is 0.753. The first kappa shape index (κ1) is 20.6. The highest BCUT2D eigenvalue weighted by molar-refractivity contribution is 5.83. The zero-order valence-corrected chi connectivity index (χ0v) is 18.2. The number of halogens is 1. The van der Waals surface area contributed by atoms with Gasteiger partial charge in [0.05, 0.1) is 5.92 Å². The number of hydrogen-bond donors (Lipinski definition) is 0. The summed E-state index contributed by atoms with van der Waals surface area (Å²) in [4.78, 5) is 20.4. The van der Waals surface area contributed by atoms with Crippen molar-refractivity contribution in [2.75, 3.05) is 46.3 Å². The van der Waals surface area contributed by atoms with Crippen molar-refractivity contribution >= 4 is 5.91 Å². The highest BCUT2D eigenvalue weighted by Crippen LogP contribution is 2.32. The van der Waals surface area contributed by atoms with E-state index < -0.39 is 0 Å². The summed E-state index contributed by atoms with van der Waals surface area (Å²) in [6.07, 6.45) is 4.19. The van der Waals surface area contributed by atoms with Gasteiger partial charge in [-0.1, -0.05) is 0 Å². The summed E-state index contributed by atoms with van der Waals surface area (Å²) < 4.78 is 15.4. The fourth-order valence-corrected chi connectivity index (χ4v) is 5.31. The zero-order valence-electron chi connectivity index (χ0n) is 18.2. The Morgan fingerprint density at radius 2 is 1.65 bits per heavy atom. The minimum absolute atomic E-state index is 0.182. The number of rotatable bonds is 3. The maximum Gasteiger partial charge on any atom is 0.233 e. The minimum Gasteiger partial charge on any atom is -0.339 e. The van der Waals surface area contributed by atoms with Crippen molar-refractivity contribution < 1.29 is 9.18 Å². The van der Waals surface area contributed by atoms with Gasteiger partial charge in [0.15, 0.2) is 5.82 Å². The van der Waals surface area contributed by atoms with Crippen LogP contribution in [0.15, 0.2) is 24.3 Å². The highest BCUT2D eigenvalue weighted by Gasteiger charge is 2.36. The smallest absolute Gasteiger partial charge is 0.233 e. The number of fused-ring (bicyclic) bond motifs is 1. The normalized spacial score (nSPS) is 23.7. The Labute approximate surface area is 182 Å². The topological polar surface area (TPSA) is 57.5 Å². The van der Waals surface area contributed by atoms with Gasteiger partial charge in [0.2, 0.25) is 5.91 Å². The highest BCUT2D eigenvalue weighted by atomic mass is 19.1. The van der Waals surface area contributed by atoms with E-state index in [0.717, 1.165) is 75.9 Å². The lowest BCUT2D eigenvalue weighted by Crippen LogP contribution is -2.54. The van der Waals surface area contributed by atoms with E-state index in [1.807, 2.05) is 9.47 Å². The van der Waals surface area contributed by atoms with Crippen molar-refractivity contribution in [3.8, 4) is 11.4 Å². The van der Waals surface area contributed by atoms with Crippen LogP contribution < -0.4 is 0 Å². The number of benzene rings is 1. The molecule has 2 saturated heterocycles. The van der Waals surface area contributed by atoms with Crippen molar-refractivity contribution in [3.05, 3.63) is 35.9 Å². The molecule has 1 aromatic carbocycles. The molecule has 1 aromatic heterocycles. The Bertz CT molecular complexity index is 913. The number of likely N-dealkylation sites (tertiary alicyclic amines) is 1. The summed E-state index contributed by atoms with van der Waals surface area (Å²) in [5, 5.41) is 8.77. The molecular weight excluding hydrogens is 395 g/mol. The molecule has 2 aromatic rings. The van der Waals surface area contributed by atoms with Crippen molar-refractivity contribution in [1.29, 1.82) is 0 Å². The van der Waals surface area contributed by atoms with E-state index in [1.165, 1.54) is 25.0 Å². The van der Waals surface area contributed by atoms with Crippen LogP contribution in [0.1, 0.15) is 37.4 Å². The molecule has 166 valence electrons. The second kappa shape index (κ2) is 8.67. The van der Waals surface area contributed by atoms with Crippen LogP contribution in [0.3, 0.4) is 0 Å². The van der Waals surface area contributed by atoms with Crippen molar-refractivity contribution in [2.24, 2.45) is 0 Å². The maximum atomic E-state index is 13.4. The van der Waals surface area contributed by atoms with E-state index in [-0.39, 0.29) is 17.6 Å². The molecule has 5 rings (SSSR count). The lowest BCUT2D eigenvalue weighted by Gasteiger charge is -2.43. The minimum atomic E-state index is -0.269. The van der Waals surface area contributed by atoms with E-state index in [0.29, 0.717) is 6.04 Å². The largest absolute Gasteiger partial charge is 0.339 e. The predicted molar refractivity (Wildman–Crippen MR) is 116 cm³/mol. The molecule has 3 aliphatic heterocycles. The van der Waals surface area contributed by atoms with Gasteiger partial charge in [-0.2, -0.15) is 0 Å². The molecule has 2 fully saturated rings. The Morgan fingerprint density at radius 3 is 2.35 bits per heavy atom. The molecule has 0 spiro atoms. The second-order valence-electron chi connectivity index (χ2n) is 9.13. The summed E-state index contributed by atoms with van der Waals surface area (Å²) >= 11 is 0. The number of amides is 1. The molecule has 7 nitrogen and oxygen atoms in total. The molecule has 31 heavy (non-hydrogen) atoms. The fourth-order valence-electron chi connectivity index (χ4n) is 5.31. The van der Waals surface area contributed by atoms with E-state index in [4.69, 9.17) is 0 Å². The fraction of sp³-hybridized carbons (Fsp3) is 0.609. The number of piperidine rings is 1. The van der Waals surface area contributed by atoms with Crippen molar-refractivity contribution in [3.63, 3.8) is 0 Å². The van der Waals surface area contributed by atoms with Crippen LogP contribution in [-0.2, 0) is 11.3 Å². The summed E-state index contributed by atoms with van der Waals surface area (Å²) in [5.74, 6) is 1.16. The molecular formula is C23H31FN6O. The molecule has 1 atom stereocenters. The van der Waals surface area contributed by atoms with Crippen LogP contribution in [0.4, 0.5) is 4.39 Å². The zero-order chi connectivity index (χ0) is 21.4. The van der Waals surface area contributed by atoms with Crippen LogP contribution in [-0.4, -0.2) is 87.7 Å². The predicted octanol–water partition coefficient (Wildman–Crippen LogP) is 2.20. The van der Waals surface area contributed by atoms with Gasteiger partial charge in [0, 0.05) is 44.3 Å². The van der Waals surface area contributed by atoms with Gasteiger partial charge >= 0.3 is 0 Å². The standard InChI is InChI=1S/C23H31FN6O/c1-27-11-8-19(9-12-27)28-13-15-29(16-14-28)23(31)20-3-2-10-30-21(25-26-22(20)30)17-4-6-18(24)7-5-17/h4-7,19-20H,2-3,8-16H2,1H3. The first-order chi connectivity index (χ1) is 15.1. The second-order valence-corrected chi connectivity index (χ2v) is 9.13. The van der Waals surface area contributed by atoms with Crippen LogP contribution in [0, 0.1) is 5.82 Å². The Morgan fingerprint density at radius 1 is 0.935 bits per heavy atom. The number of carbonyl (C=O) groups excluding carboxylic acids is 1. The summed E-state index contributed by atoms with van der Waals surface area (Å²) in [5.41, 5.74) is 0.833. The number of nitrogens with zero attached hydrogens (tertiary/aromatic N) is 6. The molecule has 3 aliphatic rings. The lowest BCUT2D eigenvalue weighted by atomic mass is 9.96. The average Bonchev–Trinajstić information content (AvgIpc) is 3.24. The molecule has 0 saturated carbocycles. The Hall–Kier alpha value is -2.32. The van der Waals surface area contributed by atoms with E-state index in [9.17, 15) is 9.18 Å². The van der Waals surface area contributed by atoms with Gasteiger partial charge in [-0.15, -0.1) is 10.2 Å². The van der Waals surface area contributed by atoms with Gasteiger partial charge in [-0.3, -0.25) is 9.69 Å². The lowest BCUT2D eigenvalue weighted by molar-refractivity contribution is -0.135. The molecule has 0 radical (unpaired) electrons. The third-order valence-corrected chi connectivity index (χ3v) is 7.20. The van der Waals surface area contributed by atoms with E-state index in [1.54, 1.807) is 12.1 Å². The third-order valence-electron chi connectivity index (χ3n) is 7.20. The number of carbonyl (C=O) groups is 1. The van der Waals surface area contributed by atoms with Crippen molar-refractivity contribution in [2.45, 2.75) is 44.2 Å². The number of piperazine rings is 1. The van der Waals surface area contributed by atoms with Crippen LogP contribution >= 0.6 is 0 Å². The van der Waals surface area contributed by atoms with E-state index >= 15 is 0 Å². The average molecular weight is 427 g/mol. The molecule has 0 aliphatic carbocycles. The molecule has 0 bridgehead atoms.